The van der Waals surface area contributed by atoms with Gasteiger partial charge in [-0.2, -0.15) is 0 Å². The number of thioether (sulfide) groups is 1. The van der Waals surface area contributed by atoms with Crippen molar-refractivity contribution in [2.75, 3.05) is 5.75 Å². The summed E-state index contributed by atoms with van der Waals surface area (Å²) in [7, 11) is 0. The standard InChI is InChI=1S/C17H21N3S/c1-2-13-21-17-19-18-16(14-9-5-3-6-10-14)20(17)15-11-7-4-8-12-15/h2,4,7-8,11-12,14H,1,3,5-6,9-10,13H2. The zero-order valence-corrected chi connectivity index (χ0v) is 13.1. The lowest BCUT2D eigenvalue weighted by Crippen LogP contribution is -2.11. The first-order valence-corrected chi connectivity index (χ1v) is 8.63. The van der Waals surface area contributed by atoms with Gasteiger partial charge in [0, 0.05) is 17.4 Å². The molecule has 1 aromatic carbocycles. The minimum absolute atomic E-state index is 0.546. The van der Waals surface area contributed by atoms with Crippen LogP contribution in [0.4, 0.5) is 0 Å². The van der Waals surface area contributed by atoms with Gasteiger partial charge >= 0.3 is 0 Å². The van der Waals surface area contributed by atoms with Crippen LogP contribution < -0.4 is 0 Å². The molecule has 0 spiro atoms. The summed E-state index contributed by atoms with van der Waals surface area (Å²) in [5.74, 6) is 2.53. The summed E-state index contributed by atoms with van der Waals surface area (Å²) in [4.78, 5) is 0. The first-order valence-electron chi connectivity index (χ1n) is 7.64. The fourth-order valence-corrected chi connectivity index (χ4v) is 3.65. The molecular formula is C17H21N3S. The zero-order chi connectivity index (χ0) is 14.5. The number of benzene rings is 1. The molecule has 0 aliphatic heterocycles. The predicted molar refractivity (Wildman–Crippen MR) is 88.1 cm³/mol. The van der Waals surface area contributed by atoms with Crippen LogP contribution in [0.1, 0.15) is 43.8 Å². The molecule has 0 atom stereocenters. The van der Waals surface area contributed by atoms with Gasteiger partial charge in [-0.05, 0) is 25.0 Å². The van der Waals surface area contributed by atoms with E-state index in [0.29, 0.717) is 5.92 Å². The quantitative estimate of drug-likeness (QED) is 0.597. The summed E-state index contributed by atoms with van der Waals surface area (Å²) < 4.78 is 2.24. The number of rotatable bonds is 5. The van der Waals surface area contributed by atoms with Gasteiger partial charge in [-0.25, -0.2) is 0 Å². The van der Waals surface area contributed by atoms with E-state index >= 15 is 0 Å². The van der Waals surface area contributed by atoms with E-state index in [0.717, 1.165) is 22.4 Å². The minimum Gasteiger partial charge on any atom is -0.274 e. The van der Waals surface area contributed by atoms with Crippen molar-refractivity contribution >= 4 is 11.8 Å². The second-order valence-electron chi connectivity index (χ2n) is 5.45. The molecule has 0 bridgehead atoms. The van der Waals surface area contributed by atoms with Gasteiger partial charge in [0.25, 0.3) is 0 Å². The second kappa shape index (κ2) is 6.94. The van der Waals surface area contributed by atoms with Gasteiger partial charge in [0.15, 0.2) is 5.16 Å². The van der Waals surface area contributed by atoms with Crippen LogP contribution in [0.25, 0.3) is 5.69 Å². The Kier molecular flexibility index (Phi) is 4.76. The molecule has 3 nitrogen and oxygen atoms in total. The third kappa shape index (κ3) is 3.21. The summed E-state index contributed by atoms with van der Waals surface area (Å²) in [6.07, 6.45) is 8.35. The lowest BCUT2D eigenvalue weighted by molar-refractivity contribution is 0.423. The Bertz CT molecular complexity index is 585. The molecule has 0 saturated heterocycles. The van der Waals surface area contributed by atoms with Gasteiger partial charge in [0.05, 0.1) is 0 Å². The summed E-state index contributed by atoms with van der Waals surface area (Å²) in [6.45, 7) is 3.80. The summed E-state index contributed by atoms with van der Waals surface area (Å²) in [5.41, 5.74) is 1.16. The molecule has 3 rings (SSSR count). The molecule has 110 valence electrons. The number of hydrogen-bond donors (Lipinski definition) is 0. The number of para-hydroxylation sites is 1. The van der Waals surface area contributed by atoms with E-state index in [4.69, 9.17) is 0 Å². The summed E-state index contributed by atoms with van der Waals surface area (Å²) >= 11 is 1.70. The highest BCUT2D eigenvalue weighted by atomic mass is 32.2. The Balaban J connectivity index is 1.99. The molecule has 21 heavy (non-hydrogen) atoms. The summed E-state index contributed by atoms with van der Waals surface area (Å²) in [5, 5.41) is 9.93. The average Bonchev–Trinajstić information content (AvgIpc) is 2.98. The molecule has 0 amide bonds. The van der Waals surface area contributed by atoms with Crippen LogP contribution in [0, 0.1) is 0 Å². The Hall–Kier alpha value is -1.55. The van der Waals surface area contributed by atoms with Crippen LogP contribution in [-0.4, -0.2) is 20.5 Å². The van der Waals surface area contributed by atoms with Gasteiger partial charge in [-0.15, -0.1) is 16.8 Å². The van der Waals surface area contributed by atoms with E-state index in [2.05, 4.69) is 45.6 Å². The Labute approximate surface area is 130 Å². The maximum absolute atomic E-state index is 4.53. The van der Waals surface area contributed by atoms with Gasteiger partial charge in [0.2, 0.25) is 0 Å². The molecule has 1 aromatic heterocycles. The molecule has 0 N–H and O–H groups in total. The van der Waals surface area contributed by atoms with Crippen molar-refractivity contribution in [3.8, 4) is 5.69 Å². The van der Waals surface area contributed by atoms with Gasteiger partial charge in [-0.3, -0.25) is 4.57 Å². The zero-order valence-electron chi connectivity index (χ0n) is 12.2. The van der Waals surface area contributed by atoms with Crippen molar-refractivity contribution in [1.82, 2.24) is 14.8 Å². The van der Waals surface area contributed by atoms with Crippen molar-refractivity contribution in [3.63, 3.8) is 0 Å². The highest BCUT2D eigenvalue weighted by molar-refractivity contribution is 7.99. The molecule has 1 aliphatic carbocycles. The molecule has 1 aliphatic rings. The highest BCUT2D eigenvalue weighted by Crippen LogP contribution is 2.34. The molecule has 1 saturated carbocycles. The SMILES string of the molecule is C=CCSc1nnc(C2CCCCC2)n1-c1ccccc1. The Morgan fingerprint density at radius 2 is 1.90 bits per heavy atom. The smallest absolute Gasteiger partial charge is 0.196 e. The van der Waals surface area contributed by atoms with Crippen molar-refractivity contribution in [3.05, 3.63) is 48.8 Å². The molecule has 1 heterocycles. The fraction of sp³-hybridized carbons (Fsp3) is 0.412. The normalized spacial score (nSPS) is 16.0. The maximum atomic E-state index is 4.53. The first-order chi connectivity index (χ1) is 10.4. The van der Waals surface area contributed by atoms with Crippen molar-refractivity contribution < 1.29 is 0 Å². The average molecular weight is 299 g/mol. The van der Waals surface area contributed by atoms with Crippen LogP contribution in [0.15, 0.2) is 48.1 Å². The minimum atomic E-state index is 0.546. The predicted octanol–water partition coefficient (Wildman–Crippen LogP) is 4.59. The van der Waals surface area contributed by atoms with E-state index in [9.17, 15) is 0 Å². The van der Waals surface area contributed by atoms with E-state index in [1.54, 1.807) is 11.8 Å². The van der Waals surface area contributed by atoms with Gasteiger partial charge in [0.1, 0.15) is 5.82 Å². The van der Waals surface area contributed by atoms with Gasteiger partial charge < -0.3 is 0 Å². The molecule has 1 fully saturated rings. The van der Waals surface area contributed by atoms with Crippen LogP contribution in [0.3, 0.4) is 0 Å². The monoisotopic (exact) mass is 299 g/mol. The maximum Gasteiger partial charge on any atom is 0.196 e. The van der Waals surface area contributed by atoms with E-state index in [1.807, 2.05) is 12.1 Å². The van der Waals surface area contributed by atoms with Crippen LogP contribution in [0.5, 0.6) is 0 Å². The molecule has 0 radical (unpaired) electrons. The van der Waals surface area contributed by atoms with E-state index in [-0.39, 0.29) is 0 Å². The third-order valence-electron chi connectivity index (χ3n) is 3.97. The van der Waals surface area contributed by atoms with Crippen LogP contribution in [0.2, 0.25) is 0 Å². The molecule has 2 aromatic rings. The van der Waals surface area contributed by atoms with Crippen molar-refractivity contribution in [1.29, 1.82) is 0 Å². The lowest BCUT2D eigenvalue weighted by atomic mass is 9.88. The number of nitrogens with zero attached hydrogens (tertiary/aromatic N) is 3. The van der Waals surface area contributed by atoms with Gasteiger partial charge in [-0.1, -0.05) is 55.3 Å². The number of aromatic nitrogens is 3. The van der Waals surface area contributed by atoms with Crippen molar-refractivity contribution in [2.45, 2.75) is 43.2 Å². The molecule has 0 unspecified atom stereocenters. The van der Waals surface area contributed by atoms with Crippen LogP contribution in [-0.2, 0) is 0 Å². The summed E-state index contributed by atoms with van der Waals surface area (Å²) in [6, 6.07) is 10.5. The first kappa shape index (κ1) is 14.4. The Morgan fingerprint density at radius 3 is 2.62 bits per heavy atom. The van der Waals surface area contributed by atoms with Crippen LogP contribution >= 0.6 is 11.8 Å². The largest absolute Gasteiger partial charge is 0.274 e. The second-order valence-corrected chi connectivity index (χ2v) is 6.43. The Morgan fingerprint density at radius 1 is 1.14 bits per heavy atom. The van der Waals surface area contributed by atoms with E-state index < -0.39 is 0 Å². The topological polar surface area (TPSA) is 30.7 Å². The third-order valence-corrected chi connectivity index (χ3v) is 4.90. The molecule has 4 heteroatoms. The lowest BCUT2D eigenvalue weighted by Gasteiger charge is -2.22. The molecular weight excluding hydrogens is 278 g/mol. The van der Waals surface area contributed by atoms with E-state index in [1.165, 1.54) is 32.1 Å². The fourth-order valence-electron chi connectivity index (χ4n) is 2.95. The number of hydrogen-bond acceptors (Lipinski definition) is 3. The van der Waals surface area contributed by atoms with Crippen molar-refractivity contribution in [2.24, 2.45) is 0 Å². The highest BCUT2D eigenvalue weighted by Gasteiger charge is 2.24.